The van der Waals surface area contributed by atoms with Gasteiger partial charge in [0.15, 0.2) is 5.82 Å². The molecule has 0 aliphatic heterocycles. The summed E-state index contributed by atoms with van der Waals surface area (Å²) in [6.07, 6.45) is -1.36. The molecule has 43 heavy (non-hydrogen) atoms. The van der Waals surface area contributed by atoms with Crippen molar-refractivity contribution in [3.05, 3.63) is 41.2 Å². The lowest BCUT2D eigenvalue weighted by molar-refractivity contribution is -0.212. The van der Waals surface area contributed by atoms with E-state index in [1.165, 1.54) is 17.4 Å². The maximum absolute atomic E-state index is 13.6. The number of ether oxygens (including phenoxy) is 1. The van der Waals surface area contributed by atoms with Gasteiger partial charge in [-0.15, -0.1) is 29.6 Å². The van der Waals surface area contributed by atoms with E-state index in [1.807, 2.05) is 6.92 Å². The molecule has 15 heteroatoms. The Hall–Kier alpha value is -3.17. The molecule has 0 radical (unpaired) electrons. The number of carbonyl (C=O) groups is 1. The van der Waals surface area contributed by atoms with E-state index in [4.69, 9.17) is 9.72 Å². The first kappa shape index (κ1) is 32.7. The van der Waals surface area contributed by atoms with Crippen LogP contribution >= 0.6 is 11.3 Å². The summed E-state index contributed by atoms with van der Waals surface area (Å²) in [6.45, 7) is 10.6. The molecule has 3 aromatic rings. The zero-order chi connectivity index (χ0) is 31.7. The van der Waals surface area contributed by atoms with Crippen LogP contribution in [-0.4, -0.2) is 47.0 Å². The molecule has 0 bridgehead atoms. The average Bonchev–Trinajstić information content (AvgIpc) is 3.49. The molecule has 1 saturated carbocycles. The van der Waals surface area contributed by atoms with Gasteiger partial charge >= 0.3 is 12.4 Å². The van der Waals surface area contributed by atoms with Crippen LogP contribution in [0, 0.1) is 6.92 Å². The van der Waals surface area contributed by atoms with Crippen molar-refractivity contribution in [3.8, 4) is 10.4 Å². The van der Waals surface area contributed by atoms with Crippen LogP contribution in [-0.2, 0) is 21.1 Å². The molecule has 1 amide bonds. The van der Waals surface area contributed by atoms with Crippen LogP contribution in [0.3, 0.4) is 0 Å². The summed E-state index contributed by atoms with van der Waals surface area (Å²) in [5.41, 5.74) is 0.594. The van der Waals surface area contributed by atoms with Gasteiger partial charge in [0, 0.05) is 41.0 Å². The van der Waals surface area contributed by atoms with Crippen molar-refractivity contribution < 1.29 is 31.1 Å². The number of rotatable bonds is 8. The molecule has 1 aliphatic carbocycles. The maximum Gasteiger partial charge on any atom is 0.504 e. The van der Waals surface area contributed by atoms with E-state index >= 15 is 0 Å². The van der Waals surface area contributed by atoms with Crippen LogP contribution < -0.4 is 15.4 Å². The number of anilines is 2. The first-order valence-electron chi connectivity index (χ1n) is 13.9. The minimum atomic E-state index is -4.67. The number of aryl methyl sites for hydroxylation is 1. The molecular formula is C28H37F3N6O4S2. The van der Waals surface area contributed by atoms with Crippen LogP contribution in [0.2, 0.25) is 0 Å². The maximum atomic E-state index is 13.6. The van der Waals surface area contributed by atoms with E-state index in [-0.39, 0.29) is 39.1 Å². The number of aromatic nitrogens is 3. The van der Waals surface area contributed by atoms with E-state index < -0.39 is 28.0 Å². The van der Waals surface area contributed by atoms with E-state index in [0.29, 0.717) is 16.1 Å². The molecule has 3 N–H and O–H groups in total. The third-order valence-corrected chi connectivity index (χ3v) is 9.78. The zero-order valence-electron chi connectivity index (χ0n) is 24.9. The van der Waals surface area contributed by atoms with E-state index in [1.54, 1.807) is 46.8 Å². The molecule has 10 nitrogen and oxygen atoms in total. The van der Waals surface area contributed by atoms with Crippen molar-refractivity contribution in [1.82, 2.24) is 24.8 Å². The van der Waals surface area contributed by atoms with Crippen molar-refractivity contribution in [1.29, 1.82) is 0 Å². The number of hydrogen-bond acceptors (Lipinski definition) is 8. The quantitative estimate of drug-likeness (QED) is 0.247. The van der Waals surface area contributed by atoms with Crippen molar-refractivity contribution in [2.75, 3.05) is 5.32 Å². The topological polar surface area (TPSA) is 127 Å². The normalized spacial score (nSPS) is 18.1. The Morgan fingerprint density at radius 1 is 1.12 bits per heavy atom. The minimum Gasteiger partial charge on any atom is -0.447 e. The number of thiazole rings is 1. The standard InChI is InChI=1S/C28H37F3N6O4S2/c1-16(2)41-26(38)34-19-9-7-18(8-10-19)25-32-17(3)24(42-25)21-12-11-20(15-22(21)43(39,40)36-27(4,5)6)33-23-13-14-37(35-23)28(29,30)31/h11-16,18-19,36H,7-10H2,1-6H3,(H,33,35)(H,34,38)/t18-,19-. The van der Waals surface area contributed by atoms with E-state index in [2.05, 4.69) is 20.5 Å². The first-order chi connectivity index (χ1) is 19.9. The van der Waals surface area contributed by atoms with Crippen LogP contribution in [0.4, 0.5) is 29.5 Å². The van der Waals surface area contributed by atoms with Gasteiger partial charge in [0.05, 0.1) is 26.6 Å². The van der Waals surface area contributed by atoms with Crippen molar-refractivity contribution in [3.63, 3.8) is 0 Å². The molecule has 0 saturated heterocycles. The number of nitrogens with zero attached hydrogens (tertiary/aromatic N) is 3. The van der Waals surface area contributed by atoms with Gasteiger partial charge in [-0.1, -0.05) is 6.07 Å². The summed E-state index contributed by atoms with van der Waals surface area (Å²) in [4.78, 5) is 17.5. The first-order valence-corrected chi connectivity index (χ1v) is 16.2. The summed E-state index contributed by atoms with van der Waals surface area (Å²) < 4.78 is 74.0. The summed E-state index contributed by atoms with van der Waals surface area (Å²) in [5, 5.41) is 10.1. The molecule has 236 valence electrons. The van der Waals surface area contributed by atoms with Gasteiger partial charge in [-0.25, -0.2) is 22.9 Å². The highest BCUT2D eigenvalue weighted by molar-refractivity contribution is 7.89. The van der Waals surface area contributed by atoms with Gasteiger partial charge in [-0.05, 0) is 79.4 Å². The number of sulfonamides is 1. The van der Waals surface area contributed by atoms with Crippen LogP contribution in [0.25, 0.3) is 10.4 Å². The lowest BCUT2D eigenvalue weighted by Gasteiger charge is -2.28. The van der Waals surface area contributed by atoms with Crippen molar-refractivity contribution >= 4 is 39.0 Å². The number of carbonyl (C=O) groups excluding carboxylic acids is 1. The van der Waals surface area contributed by atoms with E-state index in [0.717, 1.165) is 43.0 Å². The predicted molar refractivity (Wildman–Crippen MR) is 159 cm³/mol. The van der Waals surface area contributed by atoms with Gasteiger partial charge in [0.25, 0.3) is 0 Å². The molecule has 2 aromatic heterocycles. The average molecular weight is 643 g/mol. The monoisotopic (exact) mass is 642 g/mol. The Balaban J connectivity index is 1.61. The number of alkyl carbamates (subject to hydrolysis) is 1. The van der Waals surface area contributed by atoms with Crippen LogP contribution in [0.1, 0.15) is 76.9 Å². The van der Waals surface area contributed by atoms with Gasteiger partial charge in [0.2, 0.25) is 10.0 Å². The number of benzene rings is 1. The highest BCUT2D eigenvalue weighted by Gasteiger charge is 2.32. The molecule has 1 aromatic carbocycles. The van der Waals surface area contributed by atoms with Crippen molar-refractivity contribution in [2.24, 2.45) is 0 Å². The fraction of sp³-hybridized carbons (Fsp3) is 0.536. The molecule has 0 atom stereocenters. The molecule has 4 rings (SSSR count). The second-order valence-electron chi connectivity index (χ2n) is 11.9. The summed E-state index contributed by atoms with van der Waals surface area (Å²) in [6, 6.07) is 5.79. The number of nitrogens with one attached hydrogen (secondary N) is 3. The molecule has 0 spiro atoms. The summed E-state index contributed by atoms with van der Waals surface area (Å²) in [5.74, 6) is 0.0741. The van der Waals surface area contributed by atoms with Crippen LogP contribution in [0.5, 0.6) is 0 Å². The Bertz CT molecular complexity index is 1550. The zero-order valence-corrected chi connectivity index (χ0v) is 26.5. The van der Waals surface area contributed by atoms with Crippen molar-refractivity contribution in [2.45, 2.75) is 102 Å². The SMILES string of the molecule is Cc1nc([C@H]2CC[C@H](NC(=O)OC(C)C)CC2)sc1-c1ccc(Nc2ccn(C(F)(F)F)n2)cc1S(=O)(=O)NC(C)(C)C. The third kappa shape index (κ3) is 8.48. The highest BCUT2D eigenvalue weighted by Crippen LogP contribution is 2.42. The fourth-order valence-corrected chi connectivity index (χ4v) is 7.89. The molecule has 1 aliphatic rings. The van der Waals surface area contributed by atoms with Gasteiger partial charge in [-0.2, -0.15) is 4.68 Å². The van der Waals surface area contributed by atoms with Gasteiger partial charge in [-0.3, -0.25) is 0 Å². The van der Waals surface area contributed by atoms with Gasteiger partial charge in [0.1, 0.15) is 0 Å². The number of hydrogen-bond donors (Lipinski definition) is 3. The highest BCUT2D eigenvalue weighted by atomic mass is 32.2. The number of halogens is 3. The molecule has 0 unspecified atom stereocenters. The molecular weight excluding hydrogens is 605 g/mol. The van der Waals surface area contributed by atoms with Crippen LogP contribution in [0.15, 0.2) is 35.4 Å². The molecule has 1 fully saturated rings. The Morgan fingerprint density at radius 3 is 2.37 bits per heavy atom. The number of amides is 1. The van der Waals surface area contributed by atoms with Gasteiger partial charge < -0.3 is 15.4 Å². The predicted octanol–water partition coefficient (Wildman–Crippen LogP) is 6.77. The minimum absolute atomic E-state index is 0.0193. The Morgan fingerprint density at radius 2 is 1.79 bits per heavy atom. The fourth-order valence-electron chi connectivity index (χ4n) is 4.89. The Kier molecular flexibility index (Phi) is 9.47. The third-order valence-electron chi connectivity index (χ3n) is 6.63. The lowest BCUT2D eigenvalue weighted by atomic mass is 9.86. The second kappa shape index (κ2) is 12.4. The smallest absolute Gasteiger partial charge is 0.447 e. The largest absolute Gasteiger partial charge is 0.504 e. The summed E-state index contributed by atoms with van der Waals surface area (Å²) >= 11 is 1.43. The summed E-state index contributed by atoms with van der Waals surface area (Å²) in [7, 11) is -4.06. The Labute approximate surface area is 253 Å². The molecule has 2 heterocycles. The van der Waals surface area contributed by atoms with E-state index in [9.17, 15) is 26.4 Å². The number of alkyl halides is 3. The lowest BCUT2D eigenvalue weighted by Crippen LogP contribution is -2.40. The second-order valence-corrected chi connectivity index (χ2v) is 14.6.